The van der Waals surface area contributed by atoms with E-state index in [9.17, 15) is 0 Å². The van der Waals surface area contributed by atoms with Gasteiger partial charge in [0.15, 0.2) is 0 Å². The fourth-order valence-corrected chi connectivity index (χ4v) is 2.12. The van der Waals surface area contributed by atoms with Gasteiger partial charge < -0.3 is 14.6 Å². The van der Waals surface area contributed by atoms with Gasteiger partial charge >= 0.3 is 0 Å². The molecule has 1 atom stereocenters. The van der Waals surface area contributed by atoms with Crippen molar-refractivity contribution in [1.29, 1.82) is 0 Å². The van der Waals surface area contributed by atoms with Gasteiger partial charge in [-0.15, -0.1) is 0 Å². The Morgan fingerprint density at radius 2 is 2.11 bits per heavy atom. The second-order valence-corrected chi connectivity index (χ2v) is 5.17. The minimum Gasteiger partial charge on any atom is -0.460 e. The summed E-state index contributed by atoms with van der Waals surface area (Å²) >= 11 is 0. The number of hydrogen-bond donors (Lipinski definition) is 1. The summed E-state index contributed by atoms with van der Waals surface area (Å²) in [5.41, 5.74) is 0.969. The predicted octanol–water partition coefficient (Wildman–Crippen LogP) is 3.25. The van der Waals surface area contributed by atoms with Gasteiger partial charge in [0.05, 0.1) is 6.54 Å². The van der Waals surface area contributed by atoms with Crippen molar-refractivity contribution in [1.82, 2.24) is 10.2 Å². The van der Waals surface area contributed by atoms with Crippen LogP contribution in [-0.4, -0.2) is 31.1 Å². The summed E-state index contributed by atoms with van der Waals surface area (Å²) in [7, 11) is 2.18. The summed E-state index contributed by atoms with van der Waals surface area (Å²) in [5.74, 6) is 1.01. The van der Waals surface area contributed by atoms with Crippen molar-refractivity contribution in [2.45, 2.75) is 32.9 Å². The molecule has 0 saturated heterocycles. The maximum atomic E-state index is 5.77. The quantitative estimate of drug-likeness (QED) is 0.775. The third-order valence-corrected chi connectivity index (χ3v) is 3.76. The molecule has 2 rings (SSSR count). The number of rotatable bonds is 7. The number of nitrogens with zero attached hydrogens (tertiary/aromatic N) is 1. The molecule has 19 heavy (non-hydrogen) atoms. The molecule has 104 valence electrons. The molecule has 1 unspecified atom stereocenters. The first-order valence-corrected chi connectivity index (χ1v) is 7.09. The molecular weight excluding hydrogens is 236 g/mol. The van der Waals surface area contributed by atoms with Crippen LogP contribution in [0.25, 0.3) is 11.0 Å². The Balaban J connectivity index is 1.76. The molecule has 0 saturated carbocycles. The average Bonchev–Trinajstić information content (AvgIpc) is 2.85. The lowest BCUT2D eigenvalue weighted by Crippen LogP contribution is -2.34. The van der Waals surface area contributed by atoms with Crippen LogP contribution in [0.1, 0.15) is 26.0 Å². The first kappa shape index (κ1) is 14.1. The highest BCUT2D eigenvalue weighted by Crippen LogP contribution is 2.18. The second kappa shape index (κ2) is 6.73. The van der Waals surface area contributed by atoms with E-state index in [1.54, 1.807) is 0 Å². The Labute approximate surface area is 115 Å². The van der Waals surface area contributed by atoms with Crippen molar-refractivity contribution < 1.29 is 4.42 Å². The molecule has 1 heterocycles. The van der Waals surface area contributed by atoms with Crippen LogP contribution in [0.15, 0.2) is 34.7 Å². The van der Waals surface area contributed by atoms with E-state index in [2.05, 4.69) is 43.2 Å². The van der Waals surface area contributed by atoms with Gasteiger partial charge in [-0.25, -0.2) is 0 Å². The van der Waals surface area contributed by atoms with Crippen LogP contribution in [0, 0.1) is 0 Å². The molecule has 0 bridgehead atoms. The standard InChI is InChI=1S/C16H24N2O/c1-4-13(2)18(3)10-9-17-12-15-11-14-7-5-6-8-16(14)19-15/h5-8,11,13,17H,4,9-10,12H2,1-3H3. The molecule has 0 fully saturated rings. The maximum absolute atomic E-state index is 5.77. The molecule has 0 radical (unpaired) electrons. The topological polar surface area (TPSA) is 28.4 Å². The highest BCUT2D eigenvalue weighted by Gasteiger charge is 2.06. The summed E-state index contributed by atoms with van der Waals surface area (Å²) in [6, 6.07) is 10.9. The monoisotopic (exact) mass is 260 g/mol. The maximum Gasteiger partial charge on any atom is 0.134 e. The molecule has 3 heteroatoms. The number of benzene rings is 1. The Morgan fingerprint density at radius 3 is 2.84 bits per heavy atom. The van der Waals surface area contributed by atoms with Gasteiger partial charge in [-0.05, 0) is 32.5 Å². The van der Waals surface area contributed by atoms with E-state index in [4.69, 9.17) is 4.42 Å². The fraction of sp³-hybridized carbons (Fsp3) is 0.500. The van der Waals surface area contributed by atoms with Crippen molar-refractivity contribution in [3.8, 4) is 0 Å². The summed E-state index contributed by atoms with van der Waals surface area (Å²) in [4.78, 5) is 2.38. The van der Waals surface area contributed by atoms with Crippen LogP contribution < -0.4 is 5.32 Å². The number of likely N-dealkylation sites (N-methyl/N-ethyl adjacent to an activating group) is 1. The molecule has 0 aliphatic carbocycles. The number of nitrogens with one attached hydrogen (secondary N) is 1. The van der Waals surface area contributed by atoms with E-state index >= 15 is 0 Å². The molecule has 1 N–H and O–H groups in total. The van der Waals surface area contributed by atoms with E-state index in [0.717, 1.165) is 31.0 Å². The lowest BCUT2D eigenvalue weighted by molar-refractivity contribution is 0.251. The molecule has 0 spiro atoms. The normalized spacial score (nSPS) is 13.3. The van der Waals surface area contributed by atoms with Crippen molar-refractivity contribution in [2.24, 2.45) is 0 Å². The minimum absolute atomic E-state index is 0.646. The summed E-state index contributed by atoms with van der Waals surface area (Å²) in [5, 5.41) is 4.61. The summed E-state index contributed by atoms with van der Waals surface area (Å²) in [6.45, 7) is 7.33. The third-order valence-electron chi connectivity index (χ3n) is 3.76. The lowest BCUT2D eigenvalue weighted by atomic mass is 10.2. The van der Waals surface area contributed by atoms with Crippen LogP contribution in [0.5, 0.6) is 0 Å². The first-order chi connectivity index (χ1) is 9.20. The fourth-order valence-electron chi connectivity index (χ4n) is 2.12. The van der Waals surface area contributed by atoms with Crippen molar-refractivity contribution >= 4 is 11.0 Å². The number of furan rings is 1. The van der Waals surface area contributed by atoms with Crippen molar-refractivity contribution in [2.75, 3.05) is 20.1 Å². The van der Waals surface area contributed by atoms with Gasteiger partial charge in [0.1, 0.15) is 11.3 Å². The van der Waals surface area contributed by atoms with Crippen molar-refractivity contribution in [3.63, 3.8) is 0 Å². The zero-order chi connectivity index (χ0) is 13.7. The molecule has 0 aliphatic rings. The van der Waals surface area contributed by atoms with Gasteiger partial charge in [0.25, 0.3) is 0 Å². The Morgan fingerprint density at radius 1 is 1.32 bits per heavy atom. The Bertz CT molecular complexity index is 473. The zero-order valence-electron chi connectivity index (χ0n) is 12.1. The molecule has 3 nitrogen and oxygen atoms in total. The number of para-hydroxylation sites is 1. The molecule has 1 aromatic heterocycles. The average molecular weight is 260 g/mol. The van der Waals surface area contributed by atoms with E-state index in [1.807, 2.05) is 18.2 Å². The largest absolute Gasteiger partial charge is 0.460 e. The van der Waals surface area contributed by atoms with E-state index in [1.165, 1.54) is 11.8 Å². The second-order valence-electron chi connectivity index (χ2n) is 5.17. The summed E-state index contributed by atoms with van der Waals surface area (Å²) in [6.07, 6.45) is 1.19. The Kier molecular flexibility index (Phi) is 5.00. The van der Waals surface area contributed by atoms with E-state index in [-0.39, 0.29) is 0 Å². The number of hydrogen-bond acceptors (Lipinski definition) is 3. The van der Waals surface area contributed by atoms with Gasteiger partial charge in [-0.3, -0.25) is 0 Å². The van der Waals surface area contributed by atoms with Gasteiger partial charge in [0, 0.05) is 24.5 Å². The van der Waals surface area contributed by atoms with Crippen LogP contribution in [0.4, 0.5) is 0 Å². The van der Waals surface area contributed by atoms with E-state index in [0.29, 0.717) is 6.04 Å². The van der Waals surface area contributed by atoms with Crippen LogP contribution in [-0.2, 0) is 6.54 Å². The highest BCUT2D eigenvalue weighted by molar-refractivity contribution is 5.77. The first-order valence-electron chi connectivity index (χ1n) is 7.09. The van der Waals surface area contributed by atoms with Gasteiger partial charge in [-0.2, -0.15) is 0 Å². The SMILES string of the molecule is CCC(C)N(C)CCNCc1cc2ccccc2o1. The van der Waals surface area contributed by atoms with Crippen LogP contribution >= 0.6 is 0 Å². The van der Waals surface area contributed by atoms with Crippen LogP contribution in [0.3, 0.4) is 0 Å². The number of fused-ring (bicyclic) bond motifs is 1. The third kappa shape index (κ3) is 3.82. The van der Waals surface area contributed by atoms with E-state index < -0.39 is 0 Å². The highest BCUT2D eigenvalue weighted by atomic mass is 16.3. The van der Waals surface area contributed by atoms with Crippen molar-refractivity contribution in [3.05, 3.63) is 36.1 Å². The minimum atomic E-state index is 0.646. The zero-order valence-corrected chi connectivity index (χ0v) is 12.1. The lowest BCUT2D eigenvalue weighted by Gasteiger charge is -2.23. The molecule has 2 aromatic rings. The molecule has 0 amide bonds. The van der Waals surface area contributed by atoms with Crippen LogP contribution in [0.2, 0.25) is 0 Å². The smallest absolute Gasteiger partial charge is 0.134 e. The molecule has 0 aliphatic heterocycles. The van der Waals surface area contributed by atoms with Gasteiger partial charge in [0.2, 0.25) is 0 Å². The molecular formula is C16H24N2O. The predicted molar refractivity (Wildman–Crippen MR) is 80.3 cm³/mol. The van der Waals surface area contributed by atoms with Gasteiger partial charge in [-0.1, -0.05) is 25.1 Å². The Hall–Kier alpha value is -1.32. The summed E-state index contributed by atoms with van der Waals surface area (Å²) < 4.78 is 5.77. The molecule has 1 aromatic carbocycles.